The molecular formula is C16H14N2S. The minimum Gasteiger partial charge on any atom is -0.365 e. The van der Waals surface area contributed by atoms with E-state index in [2.05, 4.69) is 46.0 Å². The van der Waals surface area contributed by atoms with Crippen LogP contribution < -0.4 is 5.32 Å². The van der Waals surface area contributed by atoms with Gasteiger partial charge < -0.3 is 5.32 Å². The third kappa shape index (κ3) is 3.01. The zero-order valence-corrected chi connectivity index (χ0v) is 11.2. The summed E-state index contributed by atoms with van der Waals surface area (Å²) in [6, 6.07) is 18.6. The Hall–Kier alpha value is -2.13. The number of aromatic nitrogens is 1. The Balaban J connectivity index is 1.69. The number of nitrogens with one attached hydrogen (secondary N) is 1. The van der Waals surface area contributed by atoms with Gasteiger partial charge in [0.25, 0.3) is 0 Å². The van der Waals surface area contributed by atoms with E-state index in [1.165, 1.54) is 10.4 Å². The predicted molar refractivity (Wildman–Crippen MR) is 81.3 cm³/mol. The van der Waals surface area contributed by atoms with Crippen LogP contribution in [0.5, 0.6) is 0 Å². The maximum atomic E-state index is 4.45. The van der Waals surface area contributed by atoms with Gasteiger partial charge in [-0.25, -0.2) is 4.98 Å². The molecule has 19 heavy (non-hydrogen) atoms. The van der Waals surface area contributed by atoms with E-state index in [1.54, 1.807) is 11.3 Å². The zero-order chi connectivity index (χ0) is 12.9. The van der Waals surface area contributed by atoms with E-state index in [0.717, 1.165) is 17.9 Å². The van der Waals surface area contributed by atoms with E-state index in [0.29, 0.717) is 0 Å². The van der Waals surface area contributed by atoms with Crippen molar-refractivity contribution in [2.24, 2.45) is 0 Å². The monoisotopic (exact) mass is 266 g/mol. The van der Waals surface area contributed by atoms with Crippen LogP contribution in [0.25, 0.3) is 11.1 Å². The van der Waals surface area contributed by atoms with Gasteiger partial charge in [-0.3, -0.25) is 0 Å². The molecule has 3 rings (SSSR count). The number of thiophene rings is 1. The number of benzene rings is 1. The average Bonchev–Trinajstić information content (AvgIpc) is 3.00. The number of hydrogen-bond acceptors (Lipinski definition) is 3. The fourth-order valence-electron chi connectivity index (χ4n) is 1.89. The zero-order valence-electron chi connectivity index (χ0n) is 10.4. The minimum absolute atomic E-state index is 0.829. The number of rotatable bonds is 4. The second-order valence-corrected chi connectivity index (χ2v) is 5.26. The van der Waals surface area contributed by atoms with E-state index in [9.17, 15) is 0 Å². The first-order valence-corrected chi connectivity index (χ1v) is 7.07. The van der Waals surface area contributed by atoms with E-state index >= 15 is 0 Å². The Morgan fingerprint density at radius 2 is 1.79 bits per heavy atom. The van der Waals surface area contributed by atoms with Crippen molar-refractivity contribution in [3.63, 3.8) is 0 Å². The molecule has 94 valence electrons. The van der Waals surface area contributed by atoms with Crippen LogP contribution in [0.1, 0.15) is 4.88 Å². The van der Waals surface area contributed by atoms with Gasteiger partial charge in [0.15, 0.2) is 0 Å². The second kappa shape index (κ2) is 5.67. The second-order valence-electron chi connectivity index (χ2n) is 4.23. The van der Waals surface area contributed by atoms with Crippen molar-refractivity contribution in [2.75, 3.05) is 5.32 Å². The molecule has 2 nitrogen and oxygen atoms in total. The van der Waals surface area contributed by atoms with E-state index in [4.69, 9.17) is 0 Å². The standard InChI is InChI=1S/C16H14N2S/c1-2-5-13(6-3-1)14-8-9-16(17-11-14)18-12-15-7-4-10-19-15/h1-11H,12H2,(H,17,18). The summed E-state index contributed by atoms with van der Waals surface area (Å²) >= 11 is 1.75. The van der Waals surface area contributed by atoms with Crippen molar-refractivity contribution in [1.29, 1.82) is 0 Å². The van der Waals surface area contributed by atoms with Crippen LogP contribution in [-0.4, -0.2) is 4.98 Å². The summed E-state index contributed by atoms with van der Waals surface area (Å²) < 4.78 is 0. The average molecular weight is 266 g/mol. The van der Waals surface area contributed by atoms with Crippen LogP contribution in [0, 0.1) is 0 Å². The summed E-state index contributed by atoms with van der Waals surface area (Å²) in [7, 11) is 0. The van der Waals surface area contributed by atoms with Gasteiger partial charge in [0, 0.05) is 16.6 Å². The van der Waals surface area contributed by atoms with Gasteiger partial charge in [0.05, 0.1) is 6.54 Å². The summed E-state index contributed by atoms with van der Waals surface area (Å²) in [5.41, 5.74) is 2.34. The lowest BCUT2D eigenvalue weighted by atomic mass is 10.1. The van der Waals surface area contributed by atoms with Crippen LogP contribution in [0.2, 0.25) is 0 Å². The van der Waals surface area contributed by atoms with Gasteiger partial charge >= 0.3 is 0 Å². The smallest absolute Gasteiger partial charge is 0.126 e. The molecule has 0 saturated carbocycles. The normalized spacial score (nSPS) is 10.3. The molecule has 0 fully saturated rings. The van der Waals surface area contributed by atoms with Gasteiger partial charge in [-0.15, -0.1) is 11.3 Å². The van der Waals surface area contributed by atoms with Crippen LogP contribution in [0.15, 0.2) is 66.2 Å². The van der Waals surface area contributed by atoms with Crippen LogP contribution >= 0.6 is 11.3 Å². The molecule has 3 aromatic rings. The molecule has 0 atom stereocenters. The molecule has 0 unspecified atom stereocenters. The highest BCUT2D eigenvalue weighted by Crippen LogP contribution is 2.19. The highest BCUT2D eigenvalue weighted by molar-refractivity contribution is 7.09. The lowest BCUT2D eigenvalue weighted by Crippen LogP contribution is -1.99. The molecule has 0 spiro atoms. The third-order valence-corrected chi connectivity index (χ3v) is 3.77. The fourth-order valence-corrected chi connectivity index (χ4v) is 2.54. The summed E-state index contributed by atoms with van der Waals surface area (Å²) in [5, 5.41) is 5.41. The van der Waals surface area contributed by atoms with Crippen LogP contribution in [-0.2, 0) is 6.54 Å². The van der Waals surface area contributed by atoms with E-state index in [-0.39, 0.29) is 0 Å². The highest BCUT2D eigenvalue weighted by atomic mass is 32.1. The molecule has 0 amide bonds. The largest absolute Gasteiger partial charge is 0.365 e. The van der Waals surface area contributed by atoms with Crippen LogP contribution in [0.3, 0.4) is 0 Å². The first-order chi connectivity index (χ1) is 9.42. The van der Waals surface area contributed by atoms with Gasteiger partial charge in [0.2, 0.25) is 0 Å². The Kier molecular flexibility index (Phi) is 3.56. The molecule has 2 aromatic heterocycles. The molecule has 2 heterocycles. The minimum atomic E-state index is 0.829. The fraction of sp³-hybridized carbons (Fsp3) is 0.0625. The lowest BCUT2D eigenvalue weighted by molar-refractivity contribution is 1.14. The van der Waals surface area contributed by atoms with Gasteiger partial charge in [-0.2, -0.15) is 0 Å². The predicted octanol–water partition coefficient (Wildman–Crippen LogP) is 4.42. The van der Waals surface area contributed by atoms with Gasteiger partial charge in [-0.1, -0.05) is 36.4 Å². The molecule has 3 heteroatoms. The number of anilines is 1. The van der Waals surface area contributed by atoms with Crippen molar-refractivity contribution in [3.05, 3.63) is 71.1 Å². The van der Waals surface area contributed by atoms with Gasteiger partial charge in [-0.05, 0) is 29.1 Å². The Morgan fingerprint density at radius 1 is 0.895 bits per heavy atom. The summed E-state index contributed by atoms with van der Waals surface area (Å²) in [4.78, 5) is 5.76. The van der Waals surface area contributed by atoms with Crippen molar-refractivity contribution < 1.29 is 0 Å². The molecule has 0 aliphatic rings. The van der Waals surface area contributed by atoms with Gasteiger partial charge in [0.1, 0.15) is 5.82 Å². The molecule has 0 bridgehead atoms. The molecule has 1 N–H and O–H groups in total. The Bertz CT molecular complexity index is 616. The maximum absolute atomic E-state index is 4.45. The maximum Gasteiger partial charge on any atom is 0.126 e. The lowest BCUT2D eigenvalue weighted by Gasteiger charge is -2.05. The molecule has 0 aliphatic heterocycles. The van der Waals surface area contributed by atoms with Crippen molar-refractivity contribution >= 4 is 17.2 Å². The molecular weight excluding hydrogens is 252 g/mol. The Labute approximate surface area is 116 Å². The molecule has 0 saturated heterocycles. The van der Waals surface area contributed by atoms with Crippen LogP contribution in [0.4, 0.5) is 5.82 Å². The van der Waals surface area contributed by atoms with E-state index < -0.39 is 0 Å². The third-order valence-electron chi connectivity index (χ3n) is 2.89. The van der Waals surface area contributed by atoms with E-state index in [1.807, 2.05) is 30.5 Å². The molecule has 0 aliphatic carbocycles. The molecule has 0 radical (unpaired) electrons. The SMILES string of the molecule is c1ccc(-c2ccc(NCc3cccs3)nc2)cc1. The first kappa shape index (κ1) is 11.9. The molecule has 1 aromatic carbocycles. The summed E-state index contributed by atoms with van der Waals surface area (Å²) in [6.07, 6.45) is 1.91. The topological polar surface area (TPSA) is 24.9 Å². The number of hydrogen-bond donors (Lipinski definition) is 1. The number of pyridine rings is 1. The van der Waals surface area contributed by atoms with Crippen molar-refractivity contribution in [3.8, 4) is 11.1 Å². The quantitative estimate of drug-likeness (QED) is 0.756. The number of nitrogens with zero attached hydrogens (tertiary/aromatic N) is 1. The summed E-state index contributed by atoms with van der Waals surface area (Å²) in [5.74, 6) is 0.910. The van der Waals surface area contributed by atoms with Crippen molar-refractivity contribution in [2.45, 2.75) is 6.54 Å². The summed E-state index contributed by atoms with van der Waals surface area (Å²) in [6.45, 7) is 0.829. The van der Waals surface area contributed by atoms with Crippen molar-refractivity contribution in [1.82, 2.24) is 4.98 Å². The first-order valence-electron chi connectivity index (χ1n) is 6.19. The Morgan fingerprint density at radius 3 is 2.47 bits per heavy atom. The highest BCUT2D eigenvalue weighted by Gasteiger charge is 1.99.